The monoisotopic (exact) mass is 340 g/mol. The van der Waals surface area contributed by atoms with Gasteiger partial charge in [-0.15, -0.1) is 11.3 Å². The van der Waals surface area contributed by atoms with Crippen LogP contribution in [0.15, 0.2) is 22.0 Å². The van der Waals surface area contributed by atoms with Crippen LogP contribution in [0.3, 0.4) is 0 Å². The van der Waals surface area contributed by atoms with E-state index >= 15 is 0 Å². The molecule has 1 aliphatic rings. The summed E-state index contributed by atoms with van der Waals surface area (Å²) in [6, 6.07) is 3.91. The fourth-order valence-corrected chi connectivity index (χ4v) is 3.22. The zero-order valence-corrected chi connectivity index (χ0v) is 12.8. The first-order chi connectivity index (χ1) is 9.28. The maximum absolute atomic E-state index is 5.41. The van der Waals surface area contributed by atoms with E-state index in [-0.39, 0.29) is 6.79 Å². The molecule has 0 bridgehead atoms. The molecule has 100 valence electrons. The van der Waals surface area contributed by atoms with E-state index in [4.69, 9.17) is 9.47 Å². The van der Waals surface area contributed by atoms with Crippen LogP contribution in [-0.4, -0.2) is 25.4 Å². The predicted molar refractivity (Wildman–Crippen MR) is 79.0 cm³/mol. The Morgan fingerprint density at radius 2 is 2.16 bits per heavy atom. The molecule has 1 N–H and O–H groups in total. The Balaban J connectivity index is 1.91. The van der Waals surface area contributed by atoms with E-state index in [2.05, 4.69) is 31.6 Å². The van der Waals surface area contributed by atoms with Crippen LogP contribution in [-0.2, 0) is 6.42 Å². The number of nitrogens with zero attached hydrogens (tertiary/aromatic N) is 1. The van der Waals surface area contributed by atoms with Crippen molar-refractivity contribution in [2.75, 3.05) is 20.4 Å². The van der Waals surface area contributed by atoms with Crippen LogP contribution in [0.1, 0.15) is 5.01 Å². The Morgan fingerprint density at radius 1 is 1.37 bits per heavy atom. The van der Waals surface area contributed by atoms with E-state index in [1.165, 1.54) is 0 Å². The molecule has 6 heteroatoms. The van der Waals surface area contributed by atoms with Gasteiger partial charge in [0.1, 0.15) is 0 Å². The third-order valence-corrected chi connectivity index (χ3v) is 4.44. The number of aromatic nitrogens is 1. The fraction of sp³-hybridized carbons (Fsp3) is 0.308. The minimum absolute atomic E-state index is 0.287. The number of hydrogen-bond acceptors (Lipinski definition) is 5. The van der Waals surface area contributed by atoms with Crippen molar-refractivity contribution >= 4 is 27.3 Å². The summed E-state index contributed by atoms with van der Waals surface area (Å²) in [6.45, 7) is 1.23. The smallest absolute Gasteiger partial charge is 0.231 e. The number of fused-ring (bicyclic) bond motifs is 1. The van der Waals surface area contributed by atoms with Gasteiger partial charge in [-0.3, -0.25) is 0 Å². The molecule has 1 aromatic heterocycles. The molecule has 0 spiro atoms. The number of halogens is 1. The first kappa shape index (κ1) is 12.9. The van der Waals surface area contributed by atoms with Crippen molar-refractivity contribution in [3.05, 3.63) is 27.0 Å². The van der Waals surface area contributed by atoms with E-state index in [9.17, 15) is 0 Å². The summed E-state index contributed by atoms with van der Waals surface area (Å²) in [5.41, 5.74) is 2.01. The highest BCUT2D eigenvalue weighted by molar-refractivity contribution is 9.10. The number of thiazole rings is 1. The van der Waals surface area contributed by atoms with Gasteiger partial charge in [-0.25, -0.2) is 4.98 Å². The van der Waals surface area contributed by atoms with Crippen molar-refractivity contribution in [2.24, 2.45) is 0 Å². The van der Waals surface area contributed by atoms with Crippen molar-refractivity contribution in [1.29, 1.82) is 0 Å². The van der Waals surface area contributed by atoms with Gasteiger partial charge in [0.25, 0.3) is 0 Å². The molecule has 2 heterocycles. The van der Waals surface area contributed by atoms with Gasteiger partial charge in [-0.1, -0.05) is 0 Å². The molecule has 0 saturated carbocycles. The summed E-state index contributed by atoms with van der Waals surface area (Å²) < 4.78 is 11.7. The lowest BCUT2D eigenvalue weighted by molar-refractivity contribution is 0.174. The quantitative estimate of drug-likeness (QED) is 0.928. The third-order valence-electron chi connectivity index (χ3n) is 2.88. The van der Waals surface area contributed by atoms with E-state index in [1.54, 1.807) is 11.3 Å². The molecule has 0 atom stereocenters. The molecule has 0 unspecified atom stereocenters. The molecule has 0 saturated heterocycles. The second kappa shape index (κ2) is 5.48. The molecule has 0 amide bonds. The number of ether oxygens (including phenoxy) is 2. The maximum Gasteiger partial charge on any atom is 0.231 e. The molecule has 0 fully saturated rings. The van der Waals surface area contributed by atoms with Gasteiger partial charge in [-0.05, 0) is 35.1 Å². The summed E-state index contributed by atoms with van der Waals surface area (Å²) in [7, 11) is 1.95. The first-order valence-corrected chi connectivity index (χ1v) is 7.63. The Labute approximate surface area is 123 Å². The van der Waals surface area contributed by atoms with Crippen LogP contribution in [0.2, 0.25) is 0 Å². The van der Waals surface area contributed by atoms with Crippen LogP contribution in [0.4, 0.5) is 0 Å². The van der Waals surface area contributed by atoms with E-state index in [1.807, 2.05) is 19.2 Å². The van der Waals surface area contributed by atoms with Crippen molar-refractivity contribution in [3.63, 3.8) is 0 Å². The Hall–Kier alpha value is -1.11. The molecule has 1 aromatic carbocycles. The highest BCUT2D eigenvalue weighted by atomic mass is 79.9. The highest BCUT2D eigenvalue weighted by Crippen LogP contribution is 2.41. The molecule has 1 aliphatic heterocycles. The Bertz CT molecular complexity index is 600. The van der Waals surface area contributed by atoms with Crippen LogP contribution in [0.5, 0.6) is 11.5 Å². The topological polar surface area (TPSA) is 43.4 Å². The van der Waals surface area contributed by atoms with Crippen LogP contribution >= 0.6 is 27.3 Å². The zero-order valence-electron chi connectivity index (χ0n) is 10.4. The molecule has 19 heavy (non-hydrogen) atoms. The van der Waals surface area contributed by atoms with E-state index in [0.29, 0.717) is 0 Å². The lowest BCUT2D eigenvalue weighted by atomic mass is 10.1. The minimum atomic E-state index is 0.287. The molecule has 3 rings (SSSR count). The number of benzene rings is 1. The summed E-state index contributed by atoms with van der Waals surface area (Å²) in [5, 5.41) is 6.34. The number of rotatable bonds is 4. The van der Waals surface area contributed by atoms with Gasteiger partial charge in [0.2, 0.25) is 6.79 Å². The van der Waals surface area contributed by atoms with Gasteiger partial charge >= 0.3 is 0 Å². The molecule has 4 nitrogen and oxygen atoms in total. The van der Waals surface area contributed by atoms with Gasteiger partial charge < -0.3 is 14.8 Å². The molecule has 0 aliphatic carbocycles. The second-order valence-electron chi connectivity index (χ2n) is 4.17. The number of nitrogens with one attached hydrogen (secondary N) is 1. The first-order valence-electron chi connectivity index (χ1n) is 5.96. The van der Waals surface area contributed by atoms with Crippen molar-refractivity contribution in [2.45, 2.75) is 6.42 Å². The SMILES string of the molecule is CNCCc1nc(-c2cc3c(cc2Br)OCO3)cs1. The summed E-state index contributed by atoms with van der Waals surface area (Å²) in [6.07, 6.45) is 0.948. The highest BCUT2D eigenvalue weighted by Gasteiger charge is 2.18. The molecular weight excluding hydrogens is 328 g/mol. The standard InChI is InChI=1S/C13H13BrN2O2S/c1-15-3-2-13-16-10(6-19-13)8-4-11-12(5-9(8)14)18-7-17-11/h4-6,15H,2-3,7H2,1H3. The number of hydrogen-bond donors (Lipinski definition) is 1. The molecule has 0 radical (unpaired) electrons. The van der Waals surface area contributed by atoms with Gasteiger partial charge in [0.15, 0.2) is 11.5 Å². The van der Waals surface area contributed by atoms with Crippen molar-refractivity contribution < 1.29 is 9.47 Å². The average molecular weight is 341 g/mol. The Kier molecular flexibility index (Phi) is 3.72. The fourth-order valence-electron chi connectivity index (χ4n) is 1.89. The normalized spacial score (nSPS) is 12.9. The zero-order chi connectivity index (χ0) is 13.2. The lowest BCUT2D eigenvalue weighted by Gasteiger charge is -2.03. The van der Waals surface area contributed by atoms with Gasteiger partial charge in [-0.2, -0.15) is 0 Å². The molecule has 2 aromatic rings. The third kappa shape index (κ3) is 2.61. The summed E-state index contributed by atoms with van der Waals surface area (Å²) in [5.74, 6) is 1.56. The predicted octanol–water partition coefficient (Wildman–Crippen LogP) is 3.06. The minimum Gasteiger partial charge on any atom is -0.454 e. The van der Waals surface area contributed by atoms with Crippen LogP contribution < -0.4 is 14.8 Å². The van der Waals surface area contributed by atoms with Crippen LogP contribution in [0.25, 0.3) is 11.3 Å². The largest absolute Gasteiger partial charge is 0.454 e. The summed E-state index contributed by atoms with van der Waals surface area (Å²) >= 11 is 5.25. The number of likely N-dealkylation sites (N-methyl/N-ethyl adjacent to an activating group) is 1. The van der Waals surface area contributed by atoms with E-state index in [0.717, 1.165) is 45.2 Å². The van der Waals surface area contributed by atoms with Gasteiger partial charge in [0.05, 0.1) is 10.7 Å². The maximum atomic E-state index is 5.41. The second-order valence-corrected chi connectivity index (χ2v) is 5.96. The molecular formula is C13H13BrN2O2S. The average Bonchev–Trinajstić information content (AvgIpc) is 3.03. The summed E-state index contributed by atoms with van der Waals surface area (Å²) in [4.78, 5) is 4.66. The van der Waals surface area contributed by atoms with E-state index < -0.39 is 0 Å². The van der Waals surface area contributed by atoms with Crippen LogP contribution in [0, 0.1) is 0 Å². The van der Waals surface area contributed by atoms with Crippen molar-refractivity contribution in [1.82, 2.24) is 10.3 Å². The van der Waals surface area contributed by atoms with Gasteiger partial charge in [0, 0.05) is 28.4 Å². The Morgan fingerprint density at radius 3 is 2.95 bits per heavy atom. The van der Waals surface area contributed by atoms with Crippen molar-refractivity contribution in [3.8, 4) is 22.8 Å². The lowest BCUT2D eigenvalue weighted by Crippen LogP contribution is -2.09.